The second kappa shape index (κ2) is 9.77. The fraction of sp³-hybridized carbons (Fsp3) is 0.417. The minimum absolute atomic E-state index is 0.0582. The Labute approximate surface area is 200 Å². The van der Waals surface area contributed by atoms with Gasteiger partial charge in [-0.1, -0.05) is 36.4 Å². The van der Waals surface area contributed by atoms with Gasteiger partial charge in [-0.3, -0.25) is 0 Å². The molecule has 1 aliphatic rings. The van der Waals surface area contributed by atoms with E-state index in [4.69, 9.17) is 9.47 Å². The summed E-state index contributed by atoms with van der Waals surface area (Å²) in [5, 5.41) is 13.7. The smallest absolute Gasteiger partial charge is 0.409 e. The number of methoxy groups -OCH3 is 1. The molecule has 1 fully saturated rings. The Bertz CT molecular complexity index is 1110. The maximum Gasteiger partial charge on any atom is 0.409 e. The molecule has 1 N–H and O–H groups in total. The van der Waals surface area contributed by atoms with Gasteiger partial charge in [-0.15, -0.1) is 0 Å². The molecule has 0 spiro atoms. The lowest BCUT2D eigenvalue weighted by atomic mass is 9.90. The molecule has 0 aliphatic carbocycles. The Kier molecular flexibility index (Phi) is 7.02. The summed E-state index contributed by atoms with van der Waals surface area (Å²) in [7, 11) is 1.41. The van der Waals surface area contributed by atoms with Gasteiger partial charge in [0, 0.05) is 28.0 Å². The van der Waals surface area contributed by atoms with E-state index in [2.05, 4.69) is 26.4 Å². The zero-order valence-electron chi connectivity index (χ0n) is 18.4. The van der Waals surface area contributed by atoms with Crippen molar-refractivity contribution in [2.45, 2.75) is 44.8 Å². The third kappa shape index (κ3) is 4.49. The van der Waals surface area contributed by atoms with Gasteiger partial charge >= 0.3 is 6.09 Å². The number of rotatable bonds is 5. The molecule has 0 radical (unpaired) electrons. The lowest BCUT2D eigenvalue weighted by Crippen LogP contribution is -2.37. The predicted molar refractivity (Wildman–Crippen MR) is 130 cm³/mol. The number of piperidine rings is 1. The van der Waals surface area contributed by atoms with Crippen LogP contribution in [0.5, 0.6) is 5.88 Å². The van der Waals surface area contributed by atoms with Crippen LogP contribution in [0.15, 0.2) is 40.9 Å². The number of amides is 1. The van der Waals surface area contributed by atoms with Crippen LogP contribution in [0.1, 0.15) is 54.7 Å². The van der Waals surface area contributed by atoms with Crippen LogP contribution in [0.3, 0.4) is 0 Å². The van der Waals surface area contributed by atoms with E-state index in [-0.39, 0.29) is 18.1 Å². The summed E-state index contributed by atoms with van der Waals surface area (Å²) in [4.78, 5) is 14.6. The number of benzene rings is 2. The van der Waals surface area contributed by atoms with E-state index in [0.717, 1.165) is 44.1 Å². The van der Waals surface area contributed by atoms with Crippen LogP contribution in [0.4, 0.5) is 4.79 Å². The van der Waals surface area contributed by atoms with Crippen LogP contribution < -0.4 is 4.74 Å². The van der Waals surface area contributed by atoms with Crippen LogP contribution in [-0.2, 0) is 4.74 Å². The van der Waals surface area contributed by atoms with Crippen LogP contribution in [-0.4, -0.2) is 46.8 Å². The normalized spacial score (nSPS) is 15.9. The SMILES string of the molecule is COC(=O)N1CCC(c2snc(OC(C)C)c2C(O)c2ccc3ccccc3c2Br)CC1. The van der Waals surface area contributed by atoms with E-state index in [1.165, 1.54) is 18.6 Å². The maximum absolute atomic E-state index is 11.9. The van der Waals surface area contributed by atoms with Crippen molar-refractivity contribution in [3.63, 3.8) is 0 Å². The van der Waals surface area contributed by atoms with Gasteiger partial charge in [-0.2, -0.15) is 4.37 Å². The van der Waals surface area contributed by atoms with Crippen molar-refractivity contribution < 1.29 is 19.4 Å². The molecule has 1 atom stereocenters. The van der Waals surface area contributed by atoms with Gasteiger partial charge in [0.1, 0.15) is 6.10 Å². The monoisotopic (exact) mass is 518 g/mol. The van der Waals surface area contributed by atoms with Gasteiger partial charge in [0.25, 0.3) is 0 Å². The maximum atomic E-state index is 11.9. The van der Waals surface area contributed by atoms with Crippen molar-refractivity contribution in [2.24, 2.45) is 0 Å². The molecule has 0 saturated carbocycles. The fourth-order valence-electron chi connectivity index (χ4n) is 4.22. The highest BCUT2D eigenvalue weighted by atomic mass is 79.9. The van der Waals surface area contributed by atoms with Gasteiger partial charge < -0.3 is 19.5 Å². The molecule has 0 bridgehead atoms. The van der Waals surface area contributed by atoms with Crippen molar-refractivity contribution in [1.29, 1.82) is 0 Å². The highest BCUT2D eigenvalue weighted by Gasteiger charge is 2.33. The summed E-state index contributed by atoms with van der Waals surface area (Å²) in [6.45, 7) is 5.14. The van der Waals surface area contributed by atoms with Crippen molar-refractivity contribution >= 4 is 44.3 Å². The second-order valence-corrected chi connectivity index (χ2v) is 9.85. The number of halogens is 1. The highest BCUT2D eigenvalue weighted by molar-refractivity contribution is 9.10. The molecule has 6 nitrogen and oxygen atoms in total. The van der Waals surface area contributed by atoms with Gasteiger partial charge in [0.2, 0.25) is 5.88 Å². The first-order valence-electron chi connectivity index (χ1n) is 10.7. The summed E-state index contributed by atoms with van der Waals surface area (Å²) in [5.74, 6) is 0.685. The average molecular weight is 519 g/mol. The molecule has 170 valence electrons. The zero-order valence-corrected chi connectivity index (χ0v) is 20.8. The van der Waals surface area contributed by atoms with E-state index in [0.29, 0.717) is 19.0 Å². The summed E-state index contributed by atoms with van der Waals surface area (Å²) in [5.41, 5.74) is 1.52. The topological polar surface area (TPSA) is 71.9 Å². The Balaban J connectivity index is 1.70. The van der Waals surface area contributed by atoms with Crippen LogP contribution in [0.25, 0.3) is 10.8 Å². The average Bonchev–Trinajstić information content (AvgIpc) is 3.21. The quantitative estimate of drug-likeness (QED) is 0.456. The van der Waals surface area contributed by atoms with Gasteiger partial charge in [-0.25, -0.2) is 4.79 Å². The summed E-state index contributed by atoms with van der Waals surface area (Å²) in [6.07, 6.45) is 0.345. The van der Waals surface area contributed by atoms with Gasteiger partial charge in [-0.05, 0) is 70.8 Å². The molecular weight excluding hydrogens is 492 g/mol. The molecule has 3 aromatic rings. The number of carbonyl (C=O) groups is 1. The fourth-order valence-corrected chi connectivity index (χ4v) is 5.93. The zero-order chi connectivity index (χ0) is 22.8. The minimum Gasteiger partial charge on any atom is -0.474 e. The number of hydrogen-bond acceptors (Lipinski definition) is 6. The first-order valence-corrected chi connectivity index (χ1v) is 12.3. The number of aliphatic hydroxyl groups is 1. The number of aliphatic hydroxyl groups excluding tert-OH is 1. The number of fused-ring (bicyclic) bond motifs is 1. The van der Waals surface area contributed by atoms with Crippen LogP contribution in [0.2, 0.25) is 0 Å². The first-order chi connectivity index (χ1) is 15.4. The summed E-state index contributed by atoms with van der Waals surface area (Å²) in [6, 6.07) is 12.1. The molecule has 2 heterocycles. The predicted octanol–water partition coefficient (Wildman–Crippen LogP) is 5.87. The number of ether oxygens (including phenoxy) is 2. The van der Waals surface area contributed by atoms with E-state index in [9.17, 15) is 9.90 Å². The Hall–Kier alpha value is -2.16. The molecule has 2 aromatic carbocycles. The molecule has 1 unspecified atom stereocenters. The van der Waals surface area contributed by atoms with Gasteiger partial charge in [0.05, 0.1) is 18.8 Å². The third-order valence-electron chi connectivity index (χ3n) is 5.83. The highest BCUT2D eigenvalue weighted by Crippen LogP contribution is 2.44. The van der Waals surface area contributed by atoms with Crippen LogP contribution >= 0.6 is 27.5 Å². The summed E-state index contributed by atoms with van der Waals surface area (Å²) >= 11 is 5.11. The minimum atomic E-state index is -0.880. The number of aromatic nitrogens is 1. The van der Waals surface area contributed by atoms with Crippen LogP contribution in [0, 0.1) is 0 Å². The molecule has 1 aliphatic heterocycles. The second-order valence-electron chi connectivity index (χ2n) is 8.26. The largest absolute Gasteiger partial charge is 0.474 e. The molecule has 32 heavy (non-hydrogen) atoms. The Morgan fingerprint density at radius 1 is 1.22 bits per heavy atom. The van der Waals surface area contributed by atoms with E-state index in [1.54, 1.807) is 4.90 Å². The molecule has 1 aromatic heterocycles. The Morgan fingerprint density at radius 3 is 2.62 bits per heavy atom. The van der Waals surface area contributed by atoms with Crippen molar-refractivity contribution in [1.82, 2.24) is 9.27 Å². The van der Waals surface area contributed by atoms with Crippen molar-refractivity contribution in [3.8, 4) is 5.88 Å². The summed E-state index contributed by atoms with van der Waals surface area (Å²) < 4.78 is 16.3. The first kappa shape index (κ1) is 23.0. The lowest BCUT2D eigenvalue weighted by Gasteiger charge is -2.31. The molecular formula is C24H27BrN2O4S. The Morgan fingerprint density at radius 2 is 1.94 bits per heavy atom. The van der Waals surface area contributed by atoms with Gasteiger partial charge in [0.15, 0.2) is 0 Å². The molecule has 1 amide bonds. The number of nitrogens with zero attached hydrogens (tertiary/aromatic N) is 2. The number of hydrogen-bond donors (Lipinski definition) is 1. The standard InChI is InChI=1S/C24H27BrN2O4S/c1-14(2)31-23-19(21(28)18-9-8-15-6-4-5-7-17(15)20(18)25)22(32-26-23)16-10-12-27(13-11-16)24(29)30-3/h4-9,14,16,21,28H,10-13H2,1-3H3. The van der Waals surface area contributed by atoms with E-state index in [1.807, 2.05) is 44.2 Å². The number of likely N-dealkylation sites (tertiary alicyclic amines) is 1. The van der Waals surface area contributed by atoms with E-state index >= 15 is 0 Å². The number of carbonyl (C=O) groups excluding carboxylic acids is 1. The lowest BCUT2D eigenvalue weighted by molar-refractivity contribution is 0.112. The van der Waals surface area contributed by atoms with Crippen molar-refractivity contribution in [3.05, 3.63) is 56.9 Å². The third-order valence-corrected chi connectivity index (χ3v) is 7.72. The molecule has 1 saturated heterocycles. The van der Waals surface area contributed by atoms with Crippen molar-refractivity contribution in [2.75, 3.05) is 20.2 Å². The van der Waals surface area contributed by atoms with E-state index < -0.39 is 6.10 Å². The molecule has 4 rings (SSSR count). The molecule has 8 heteroatoms.